The Balaban J connectivity index is 1.82. The Labute approximate surface area is 171 Å². The highest BCUT2D eigenvalue weighted by atomic mass is 14.6. The largest absolute Gasteiger partial charge is 0.133 e. The van der Waals surface area contributed by atoms with Gasteiger partial charge in [-0.1, -0.05) is 99.0 Å². The second-order valence-electron chi connectivity index (χ2n) is 10.5. The summed E-state index contributed by atoms with van der Waals surface area (Å²) in [5.41, 5.74) is 3.72. The van der Waals surface area contributed by atoms with Crippen LogP contribution in [0.4, 0.5) is 0 Å². The minimum absolute atomic E-state index is 0.583. The molecule has 6 atom stereocenters. The third kappa shape index (κ3) is 6.25. The summed E-state index contributed by atoms with van der Waals surface area (Å²) in [6.07, 6.45) is 19.5. The van der Waals surface area contributed by atoms with E-state index in [1.54, 1.807) is 0 Å². The summed E-state index contributed by atoms with van der Waals surface area (Å²) in [6.45, 7) is 16.3. The Hall–Kier alpha value is -0.480. The van der Waals surface area contributed by atoms with Crippen LogP contribution in [0.5, 0.6) is 0 Å². The van der Waals surface area contributed by atoms with Gasteiger partial charge in [-0.25, -0.2) is 0 Å². The predicted molar refractivity (Wildman–Crippen MR) is 121 cm³/mol. The molecular formula is C27H48. The summed E-state index contributed by atoms with van der Waals surface area (Å²) in [7, 11) is 0. The average Bonchev–Trinajstić information content (AvgIpc) is 3.28. The minimum Gasteiger partial charge on any atom is -0.133 e. The first-order valence-electron chi connectivity index (χ1n) is 12.3. The van der Waals surface area contributed by atoms with Crippen LogP contribution in [0, 0.1) is 40.9 Å². The molecule has 0 heterocycles. The molecule has 0 aromatic rings. The van der Waals surface area contributed by atoms with Gasteiger partial charge in [0.25, 0.3) is 0 Å². The number of hydrogen-bond acceptors (Lipinski definition) is 0. The first-order chi connectivity index (χ1) is 13.0. The van der Waals surface area contributed by atoms with E-state index >= 15 is 0 Å². The lowest BCUT2D eigenvalue weighted by molar-refractivity contribution is 0.181. The van der Waals surface area contributed by atoms with Crippen molar-refractivity contribution in [1.82, 2.24) is 0 Å². The molecule has 6 unspecified atom stereocenters. The molecule has 0 amide bonds. The summed E-state index contributed by atoms with van der Waals surface area (Å²) >= 11 is 0. The molecule has 2 aliphatic carbocycles. The topological polar surface area (TPSA) is 0 Å². The van der Waals surface area contributed by atoms with E-state index < -0.39 is 0 Å². The zero-order valence-corrected chi connectivity index (χ0v) is 19.2. The standard InChI is InChI=1S/C27H48/c1-7-13-23(9-3)19-26-20-27(26,6)22(5)21(4)25(14-8-2)18-11-10-15-24-16-12-17-24/h14,21-26H,2,7,9-13,15-20H2,1,3-6H3. The van der Waals surface area contributed by atoms with Crippen molar-refractivity contribution in [2.75, 3.05) is 0 Å². The maximum atomic E-state index is 3.90. The van der Waals surface area contributed by atoms with Crippen LogP contribution in [-0.2, 0) is 0 Å². The lowest BCUT2D eigenvalue weighted by Crippen LogP contribution is -2.25. The lowest BCUT2D eigenvalue weighted by Gasteiger charge is -2.33. The predicted octanol–water partition coefficient (Wildman–Crippen LogP) is 8.82. The third-order valence-electron chi connectivity index (χ3n) is 8.81. The van der Waals surface area contributed by atoms with Crippen molar-refractivity contribution in [1.29, 1.82) is 0 Å². The summed E-state index contributed by atoms with van der Waals surface area (Å²) in [6, 6.07) is 0. The van der Waals surface area contributed by atoms with E-state index in [0.717, 1.165) is 29.6 Å². The van der Waals surface area contributed by atoms with Gasteiger partial charge in [0.2, 0.25) is 0 Å². The minimum atomic E-state index is 0.583. The van der Waals surface area contributed by atoms with Crippen LogP contribution < -0.4 is 0 Å². The molecule has 0 aliphatic heterocycles. The molecule has 0 bridgehead atoms. The fraction of sp³-hybridized carbons (Fsp3) is 0.889. The Bertz CT molecular complexity index is 466. The van der Waals surface area contributed by atoms with Crippen LogP contribution in [0.15, 0.2) is 18.4 Å². The van der Waals surface area contributed by atoms with E-state index in [0.29, 0.717) is 11.3 Å². The molecule has 0 saturated heterocycles. The molecule has 156 valence electrons. The van der Waals surface area contributed by atoms with E-state index in [4.69, 9.17) is 0 Å². The summed E-state index contributed by atoms with van der Waals surface area (Å²) < 4.78 is 0. The van der Waals surface area contributed by atoms with Gasteiger partial charge in [-0.3, -0.25) is 0 Å². The van der Waals surface area contributed by atoms with Gasteiger partial charge in [0.05, 0.1) is 0 Å². The highest BCUT2D eigenvalue weighted by Gasteiger charge is 2.54. The fourth-order valence-electron chi connectivity index (χ4n) is 5.90. The Morgan fingerprint density at radius 1 is 1.15 bits per heavy atom. The number of unbranched alkanes of at least 4 members (excludes halogenated alkanes) is 1. The zero-order valence-electron chi connectivity index (χ0n) is 19.2. The van der Waals surface area contributed by atoms with Gasteiger partial charge < -0.3 is 0 Å². The first kappa shape index (κ1) is 22.8. The van der Waals surface area contributed by atoms with Gasteiger partial charge in [0.1, 0.15) is 0 Å². The Morgan fingerprint density at radius 2 is 1.89 bits per heavy atom. The maximum Gasteiger partial charge on any atom is -0.0129 e. The fourth-order valence-corrected chi connectivity index (χ4v) is 5.90. The molecule has 2 aliphatic rings. The van der Waals surface area contributed by atoms with Crippen molar-refractivity contribution in [2.45, 2.75) is 112 Å². The van der Waals surface area contributed by atoms with Crippen LogP contribution >= 0.6 is 0 Å². The van der Waals surface area contributed by atoms with E-state index in [-0.39, 0.29) is 0 Å². The average molecular weight is 373 g/mol. The highest BCUT2D eigenvalue weighted by Crippen LogP contribution is 2.62. The number of allylic oxidation sites excluding steroid dienone is 1. The van der Waals surface area contributed by atoms with Gasteiger partial charge in [-0.05, 0) is 66.3 Å². The van der Waals surface area contributed by atoms with E-state index in [2.05, 4.69) is 53.0 Å². The number of rotatable bonds is 14. The highest BCUT2D eigenvalue weighted by molar-refractivity contribution is 5.05. The summed E-state index contributed by atoms with van der Waals surface area (Å²) in [5.74, 6) is 5.23. The normalized spacial score (nSPS) is 29.3. The lowest BCUT2D eigenvalue weighted by atomic mass is 9.72. The van der Waals surface area contributed by atoms with Crippen LogP contribution in [0.2, 0.25) is 0 Å². The van der Waals surface area contributed by atoms with Crippen molar-refractivity contribution in [3.05, 3.63) is 18.4 Å². The first-order valence-corrected chi connectivity index (χ1v) is 12.3. The molecule has 27 heavy (non-hydrogen) atoms. The molecule has 0 heteroatoms. The van der Waals surface area contributed by atoms with Crippen LogP contribution in [0.25, 0.3) is 0 Å². The third-order valence-corrected chi connectivity index (χ3v) is 8.81. The van der Waals surface area contributed by atoms with Crippen molar-refractivity contribution < 1.29 is 0 Å². The van der Waals surface area contributed by atoms with Crippen LogP contribution in [-0.4, -0.2) is 0 Å². The van der Waals surface area contributed by atoms with Gasteiger partial charge >= 0.3 is 0 Å². The van der Waals surface area contributed by atoms with E-state index in [1.165, 1.54) is 77.0 Å². The molecule has 0 spiro atoms. The summed E-state index contributed by atoms with van der Waals surface area (Å²) in [5, 5.41) is 0. The number of hydrogen-bond donors (Lipinski definition) is 0. The molecule has 0 aromatic carbocycles. The molecule has 0 aromatic heterocycles. The zero-order chi connectivity index (χ0) is 19.9. The van der Waals surface area contributed by atoms with Crippen molar-refractivity contribution >= 4 is 0 Å². The maximum absolute atomic E-state index is 3.90. The monoisotopic (exact) mass is 372 g/mol. The van der Waals surface area contributed by atoms with Gasteiger partial charge in [-0.15, -0.1) is 5.73 Å². The molecule has 0 nitrogen and oxygen atoms in total. The summed E-state index contributed by atoms with van der Waals surface area (Å²) in [4.78, 5) is 0. The smallest absolute Gasteiger partial charge is 0.0129 e. The van der Waals surface area contributed by atoms with Gasteiger partial charge in [0.15, 0.2) is 0 Å². The Morgan fingerprint density at radius 3 is 2.44 bits per heavy atom. The Kier molecular flexibility index (Phi) is 9.21. The van der Waals surface area contributed by atoms with Crippen molar-refractivity contribution in [3.63, 3.8) is 0 Å². The molecule has 2 rings (SSSR count). The van der Waals surface area contributed by atoms with Crippen LogP contribution in [0.1, 0.15) is 112 Å². The molecule has 0 radical (unpaired) electrons. The molecule has 0 N–H and O–H groups in total. The van der Waals surface area contributed by atoms with Gasteiger partial charge in [-0.2, -0.15) is 0 Å². The molecule has 2 saturated carbocycles. The second-order valence-corrected chi connectivity index (χ2v) is 10.5. The molecule has 2 fully saturated rings. The van der Waals surface area contributed by atoms with Crippen molar-refractivity contribution in [2.24, 2.45) is 40.9 Å². The van der Waals surface area contributed by atoms with Crippen LogP contribution in [0.3, 0.4) is 0 Å². The van der Waals surface area contributed by atoms with E-state index in [1.807, 2.05) is 0 Å². The molecular weight excluding hydrogens is 324 g/mol. The van der Waals surface area contributed by atoms with Crippen molar-refractivity contribution in [3.8, 4) is 0 Å². The quantitative estimate of drug-likeness (QED) is 0.211. The van der Waals surface area contributed by atoms with Gasteiger partial charge in [0, 0.05) is 0 Å². The SMILES string of the molecule is C=C=CC(CCCCC1CCC1)C(C)C(C)C1(C)CC1CC(CC)CCC. The second kappa shape index (κ2) is 10.9. The van der Waals surface area contributed by atoms with E-state index in [9.17, 15) is 0 Å².